The molecule has 2 N–H and O–H groups in total. The van der Waals surface area contributed by atoms with Crippen molar-refractivity contribution in [1.29, 1.82) is 0 Å². The van der Waals surface area contributed by atoms with Crippen molar-refractivity contribution < 1.29 is 22.8 Å². The van der Waals surface area contributed by atoms with Gasteiger partial charge in [0.15, 0.2) is 0 Å². The van der Waals surface area contributed by atoms with E-state index in [-0.39, 0.29) is 24.1 Å². The zero-order valence-corrected chi connectivity index (χ0v) is 16.2. The topological polar surface area (TPSA) is 58.2 Å². The Balaban J connectivity index is 1.95. The molecule has 29 heavy (non-hydrogen) atoms. The Morgan fingerprint density at radius 3 is 2.52 bits per heavy atom. The highest BCUT2D eigenvalue weighted by molar-refractivity contribution is 5.94. The van der Waals surface area contributed by atoms with E-state index in [4.69, 9.17) is 0 Å². The molecular formula is C22H23F3N2O2. The molecule has 0 aliphatic carbocycles. The molecule has 0 aliphatic rings. The Kier molecular flexibility index (Phi) is 7.59. The number of hydrogen-bond acceptors (Lipinski definition) is 2. The van der Waals surface area contributed by atoms with Crippen LogP contribution in [-0.2, 0) is 17.5 Å². The maximum Gasteiger partial charge on any atom is 0.416 e. The van der Waals surface area contributed by atoms with Gasteiger partial charge in [0.25, 0.3) is 5.91 Å². The fourth-order valence-corrected chi connectivity index (χ4v) is 2.47. The van der Waals surface area contributed by atoms with E-state index in [9.17, 15) is 22.8 Å². The zero-order valence-electron chi connectivity index (χ0n) is 16.2. The molecule has 4 nitrogen and oxygen atoms in total. The Morgan fingerprint density at radius 1 is 1.10 bits per heavy atom. The smallest absolute Gasteiger partial charge is 0.350 e. The third kappa shape index (κ3) is 7.10. The fraction of sp³-hybridized carbons (Fsp3) is 0.273. The van der Waals surface area contributed by atoms with E-state index in [2.05, 4.69) is 10.6 Å². The van der Waals surface area contributed by atoms with E-state index >= 15 is 0 Å². The van der Waals surface area contributed by atoms with Crippen LogP contribution in [0.25, 0.3) is 6.08 Å². The van der Waals surface area contributed by atoms with Gasteiger partial charge in [-0.2, -0.15) is 13.2 Å². The van der Waals surface area contributed by atoms with Crippen LogP contribution in [0.2, 0.25) is 0 Å². The van der Waals surface area contributed by atoms with Gasteiger partial charge in [-0.05, 0) is 54.8 Å². The lowest BCUT2D eigenvalue weighted by atomic mass is 10.1. The normalized spacial score (nSPS) is 12.6. The number of alkyl halides is 3. The number of amides is 2. The second kappa shape index (κ2) is 9.91. The predicted octanol–water partition coefficient (Wildman–Crippen LogP) is 4.56. The van der Waals surface area contributed by atoms with Gasteiger partial charge in [0.1, 0.15) is 0 Å². The monoisotopic (exact) mass is 404 g/mol. The van der Waals surface area contributed by atoms with Crippen LogP contribution in [0, 0.1) is 0 Å². The van der Waals surface area contributed by atoms with Gasteiger partial charge in [-0.15, -0.1) is 0 Å². The average molecular weight is 404 g/mol. The molecule has 1 unspecified atom stereocenters. The van der Waals surface area contributed by atoms with Crippen molar-refractivity contribution >= 4 is 17.9 Å². The molecule has 2 rings (SSSR count). The molecule has 0 saturated heterocycles. The number of hydrogen-bond donors (Lipinski definition) is 2. The third-order valence-corrected chi connectivity index (χ3v) is 4.29. The fourth-order valence-electron chi connectivity index (χ4n) is 2.47. The molecule has 0 bridgehead atoms. The SMILES string of the molecule is CCC(C)NC(=O)c1cccc(CNC(=O)/C=C/c2cccc(C(F)(F)F)c2)c1. The van der Waals surface area contributed by atoms with Crippen molar-refractivity contribution in [2.45, 2.75) is 39.0 Å². The first-order valence-corrected chi connectivity index (χ1v) is 9.22. The molecule has 0 heterocycles. The first-order chi connectivity index (χ1) is 13.7. The van der Waals surface area contributed by atoms with Crippen LogP contribution < -0.4 is 10.6 Å². The quantitative estimate of drug-likeness (QED) is 0.665. The lowest BCUT2D eigenvalue weighted by Gasteiger charge is -2.12. The summed E-state index contributed by atoms with van der Waals surface area (Å²) in [5.74, 6) is -0.631. The number of carbonyl (C=O) groups is 2. The van der Waals surface area contributed by atoms with Crippen LogP contribution in [0.5, 0.6) is 0 Å². The van der Waals surface area contributed by atoms with Crippen LogP contribution in [0.1, 0.15) is 47.3 Å². The van der Waals surface area contributed by atoms with Gasteiger partial charge in [-0.1, -0.05) is 31.2 Å². The molecule has 0 radical (unpaired) electrons. The lowest BCUT2D eigenvalue weighted by Crippen LogP contribution is -2.32. The van der Waals surface area contributed by atoms with E-state index in [1.54, 1.807) is 24.3 Å². The highest BCUT2D eigenvalue weighted by atomic mass is 19.4. The van der Waals surface area contributed by atoms with Crippen molar-refractivity contribution in [3.8, 4) is 0 Å². The minimum atomic E-state index is -4.43. The van der Waals surface area contributed by atoms with Gasteiger partial charge < -0.3 is 10.6 Å². The van der Waals surface area contributed by atoms with Gasteiger partial charge in [-0.3, -0.25) is 9.59 Å². The van der Waals surface area contributed by atoms with Gasteiger partial charge in [-0.25, -0.2) is 0 Å². The van der Waals surface area contributed by atoms with Crippen molar-refractivity contribution in [3.05, 3.63) is 76.9 Å². The Hall–Kier alpha value is -3.09. The largest absolute Gasteiger partial charge is 0.416 e. The minimum Gasteiger partial charge on any atom is -0.350 e. The molecule has 0 fully saturated rings. The average Bonchev–Trinajstić information content (AvgIpc) is 2.70. The number of carbonyl (C=O) groups excluding carboxylic acids is 2. The molecule has 2 aromatic rings. The van der Waals surface area contributed by atoms with E-state index in [0.29, 0.717) is 5.56 Å². The molecule has 2 aromatic carbocycles. The standard InChI is InChI=1S/C22H23F3N2O2/c1-3-15(2)27-21(29)18-8-4-7-17(12-18)14-26-20(28)11-10-16-6-5-9-19(13-16)22(23,24)25/h4-13,15H,3,14H2,1-2H3,(H,26,28)(H,27,29)/b11-10+. The maximum atomic E-state index is 12.7. The highest BCUT2D eigenvalue weighted by Gasteiger charge is 2.30. The number of nitrogens with one attached hydrogen (secondary N) is 2. The maximum absolute atomic E-state index is 12.7. The molecule has 7 heteroatoms. The zero-order chi connectivity index (χ0) is 21.4. The van der Waals surface area contributed by atoms with Crippen LogP contribution in [0.15, 0.2) is 54.6 Å². The molecule has 154 valence electrons. The Morgan fingerprint density at radius 2 is 1.83 bits per heavy atom. The molecule has 1 atom stereocenters. The molecule has 0 aromatic heterocycles. The van der Waals surface area contributed by atoms with Crippen molar-refractivity contribution in [2.75, 3.05) is 0 Å². The van der Waals surface area contributed by atoms with E-state index < -0.39 is 17.6 Å². The minimum absolute atomic E-state index is 0.0619. The Labute approximate surface area is 167 Å². The summed E-state index contributed by atoms with van der Waals surface area (Å²) in [5, 5.41) is 5.53. The number of benzene rings is 2. The van der Waals surface area contributed by atoms with Crippen molar-refractivity contribution in [3.63, 3.8) is 0 Å². The van der Waals surface area contributed by atoms with Gasteiger partial charge >= 0.3 is 6.18 Å². The molecule has 0 saturated carbocycles. The van der Waals surface area contributed by atoms with E-state index in [0.717, 1.165) is 24.1 Å². The highest BCUT2D eigenvalue weighted by Crippen LogP contribution is 2.29. The summed E-state index contributed by atoms with van der Waals surface area (Å²) in [5.41, 5.74) is 0.741. The van der Waals surface area contributed by atoms with Gasteiger partial charge in [0.2, 0.25) is 5.91 Å². The summed E-state index contributed by atoms with van der Waals surface area (Å²) in [7, 11) is 0. The molecular weight excluding hydrogens is 381 g/mol. The summed E-state index contributed by atoms with van der Waals surface area (Å²) in [6.45, 7) is 4.08. The first kappa shape index (κ1) is 22.2. The van der Waals surface area contributed by atoms with Gasteiger partial charge in [0.05, 0.1) is 5.56 Å². The molecule has 0 aliphatic heterocycles. The van der Waals surface area contributed by atoms with Gasteiger partial charge in [0, 0.05) is 24.2 Å². The number of halogens is 3. The summed E-state index contributed by atoms with van der Waals surface area (Å²) in [6, 6.07) is 11.7. The van der Waals surface area contributed by atoms with Crippen molar-refractivity contribution in [2.24, 2.45) is 0 Å². The first-order valence-electron chi connectivity index (χ1n) is 9.22. The second-order valence-electron chi connectivity index (χ2n) is 6.66. The molecule has 0 spiro atoms. The van der Waals surface area contributed by atoms with Crippen LogP contribution in [0.3, 0.4) is 0 Å². The van der Waals surface area contributed by atoms with Crippen LogP contribution >= 0.6 is 0 Å². The van der Waals surface area contributed by atoms with Crippen LogP contribution in [-0.4, -0.2) is 17.9 Å². The summed E-state index contributed by atoms with van der Waals surface area (Å²) in [6.07, 6.45) is -1.12. The lowest BCUT2D eigenvalue weighted by molar-refractivity contribution is -0.137. The van der Waals surface area contributed by atoms with E-state index in [1.165, 1.54) is 24.3 Å². The third-order valence-electron chi connectivity index (χ3n) is 4.29. The van der Waals surface area contributed by atoms with E-state index in [1.807, 2.05) is 13.8 Å². The second-order valence-corrected chi connectivity index (χ2v) is 6.66. The Bertz CT molecular complexity index is 892. The predicted molar refractivity (Wildman–Crippen MR) is 106 cm³/mol. The molecule has 2 amide bonds. The summed E-state index contributed by atoms with van der Waals surface area (Å²) >= 11 is 0. The summed E-state index contributed by atoms with van der Waals surface area (Å²) in [4.78, 5) is 24.1. The van der Waals surface area contributed by atoms with Crippen LogP contribution in [0.4, 0.5) is 13.2 Å². The number of rotatable bonds is 7. The summed E-state index contributed by atoms with van der Waals surface area (Å²) < 4.78 is 38.2. The van der Waals surface area contributed by atoms with Crippen molar-refractivity contribution in [1.82, 2.24) is 10.6 Å².